The molecule has 2 rings (SSSR count). The molecule has 0 fully saturated rings. The number of carbonyl (C=O) groups excluding carboxylic acids is 5. The first-order chi connectivity index (χ1) is 30.3. The van der Waals surface area contributed by atoms with E-state index in [0.29, 0.717) is 58.3 Å². The number of benzene rings is 2. The largest absolute Gasteiger partial charge is 0.542 e. The highest BCUT2D eigenvalue weighted by Gasteiger charge is 2.29. The number of unbranched alkanes of at least 4 members (excludes halogenated alkanes) is 14. The van der Waals surface area contributed by atoms with Gasteiger partial charge in [-0.25, -0.2) is 0 Å². The van der Waals surface area contributed by atoms with Crippen molar-refractivity contribution in [2.24, 2.45) is 0 Å². The van der Waals surface area contributed by atoms with Crippen LogP contribution in [-0.2, 0) is 36.8 Å². The van der Waals surface area contributed by atoms with Gasteiger partial charge in [0.25, 0.3) is 11.8 Å². The van der Waals surface area contributed by atoms with E-state index in [1.165, 1.54) is 83.5 Å². The van der Waals surface area contributed by atoms with Crippen molar-refractivity contribution in [2.75, 3.05) is 26.2 Å². The first kappa shape index (κ1) is 59.3. The van der Waals surface area contributed by atoms with Gasteiger partial charge in [0.15, 0.2) is 12.1 Å². The van der Waals surface area contributed by atoms with E-state index in [0.717, 1.165) is 24.0 Å². The maximum atomic E-state index is 13.3. The number of nitrogens with one attached hydrogen (secondary N) is 2. The van der Waals surface area contributed by atoms with E-state index in [9.17, 15) is 40.7 Å². The molecule has 2 aromatic rings. The molecule has 0 heterocycles. The summed E-state index contributed by atoms with van der Waals surface area (Å²) in [7, 11) is 0. The van der Waals surface area contributed by atoms with Gasteiger partial charge in [-0.1, -0.05) is 157 Å². The molecule has 0 aliphatic rings. The quantitative estimate of drug-likeness (QED) is 0.0655. The van der Waals surface area contributed by atoms with E-state index < -0.39 is 24.3 Å². The molecule has 8 N–H and O–H groups in total. The van der Waals surface area contributed by atoms with Crippen molar-refractivity contribution < 1.29 is 72.0 Å². The van der Waals surface area contributed by atoms with Gasteiger partial charge in [0, 0.05) is 45.4 Å². The van der Waals surface area contributed by atoms with Gasteiger partial charge in [-0.05, 0) is 30.4 Å². The van der Waals surface area contributed by atoms with Crippen LogP contribution >= 0.6 is 0 Å². The molecule has 2 atom stereocenters. The minimum Gasteiger partial charge on any atom is -0.542 e. The second-order valence-corrected chi connectivity index (χ2v) is 15.7. The first-order valence-corrected chi connectivity index (χ1v) is 22.4. The van der Waals surface area contributed by atoms with E-state index >= 15 is 0 Å². The summed E-state index contributed by atoms with van der Waals surface area (Å²) in [6.07, 6.45) is 12.2. The maximum absolute atomic E-state index is 13.3. The summed E-state index contributed by atoms with van der Waals surface area (Å²) < 4.78 is 63.1. The zero-order valence-electron chi connectivity index (χ0n) is 37.4. The van der Waals surface area contributed by atoms with Crippen LogP contribution in [0.15, 0.2) is 60.7 Å². The fraction of sp³-hybridized carbons (Fsp3) is 0.630. The van der Waals surface area contributed by atoms with Crippen LogP contribution in [0.1, 0.15) is 134 Å². The van der Waals surface area contributed by atoms with Gasteiger partial charge in [-0.2, -0.15) is 26.3 Å². The Hall–Kier alpha value is -4.71. The lowest BCUT2D eigenvalue weighted by Crippen LogP contribution is -2.68. The Morgan fingerprint density at radius 1 is 0.531 bits per heavy atom. The van der Waals surface area contributed by atoms with Gasteiger partial charge in [-0.15, -0.1) is 0 Å². The van der Waals surface area contributed by atoms with Gasteiger partial charge in [0.05, 0.1) is 0 Å². The fourth-order valence-electron chi connectivity index (χ4n) is 6.40. The number of hydrogen-bond acceptors (Lipinski definition) is 7. The van der Waals surface area contributed by atoms with Crippen molar-refractivity contribution in [3.05, 3.63) is 71.8 Å². The van der Waals surface area contributed by atoms with Crippen molar-refractivity contribution in [1.82, 2.24) is 15.5 Å². The molecule has 3 amide bonds. The second kappa shape index (κ2) is 35.6. The molecule has 0 aliphatic heterocycles. The number of carbonyl (C=O) groups is 5. The summed E-state index contributed by atoms with van der Waals surface area (Å²) in [4.78, 5) is 58.1. The number of alkyl halides is 6. The molecule has 0 saturated heterocycles. The van der Waals surface area contributed by atoms with E-state index in [4.69, 9.17) is 19.8 Å². The SMILES string of the molecule is CCCCCCCCCCCCCCCCCC(=O)N(CCCNC(=O)[C@@H]([NH3+])Cc1ccccc1)CCCNC(=O)[C@@H]([NH3+])Cc1ccccc1.O=C([O-])C(F)(F)F.O=C([O-])C(F)(F)F. The van der Waals surface area contributed by atoms with Gasteiger partial charge in [0.1, 0.15) is 11.9 Å². The number of carboxylic acid groups (broad SMARTS) is 2. The molecule has 0 unspecified atom stereocenters. The molecule has 0 aromatic heterocycles. The summed E-state index contributed by atoms with van der Waals surface area (Å²) >= 11 is 0. The molecule has 0 radical (unpaired) electrons. The lowest BCUT2D eigenvalue weighted by molar-refractivity contribution is -0.403. The Morgan fingerprint density at radius 3 is 1.12 bits per heavy atom. The van der Waals surface area contributed by atoms with Gasteiger partial charge >= 0.3 is 12.4 Å². The van der Waals surface area contributed by atoms with Crippen molar-refractivity contribution in [1.29, 1.82) is 0 Å². The van der Waals surface area contributed by atoms with Crippen LogP contribution in [0.5, 0.6) is 0 Å². The molecular formula is C46H71F6N5O7. The zero-order chi connectivity index (χ0) is 48.2. The molecule has 64 heavy (non-hydrogen) atoms. The predicted molar refractivity (Wildman–Crippen MR) is 227 cm³/mol. The lowest BCUT2D eigenvalue weighted by atomic mass is 10.0. The third-order valence-corrected chi connectivity index (χ3v) is 10.0. The molecule has 364 valence electrons. The number of quaternary nitrogens is 2. The van der Waals surface area contributed by atoms with Crippen molar-refractivity contribution in [3.63, 3.8) is 0 Å². The first-order valence-electron chi connectivity index (χ1n) is 22.4. The minimum atomic E-state index is -5.19. The average molecular weight is 920 g/mol. The number of nitrogens with zero attached hydrogens (tertiary/aromatic N) is 1. The van der Waals surface area contributed by atoms with Crippen LogP contribution in [0.2, 0.25) is 0 Å². The summed E-state index contributed by atoms with van der Waals surface area (Å²) in [6, 6.07) is 19.1. The summed E-state index contributed by atoms with van der Waals surface area (Å²) in [5.74, 6) is -5.98. The van der Waals surface area contributed by atoms with Gasteiger partial charge in [-0.3, -0.25) is 14.4 Å². The highest BCUT2D eigenvalue weighted by Crippen LogP contribution is 2.15. The van der Waals surface area contributed by atoms with Crippen LogP contribution in [0, 0.1) is 0 Å². The van der Waals surface area contributed by atoms with Crippen molar-refractivity contribution in [3.8, 4) is 0 Å². The van der Waals surface area contributed by atoms with Gasteiger partial charge in [0.2, 0.25) is 5.91 Å². The third-order valence-electron chi connectivity index (χ3n) is 10.0. The Kier molecular flexibility index (Phi) is 33.0. The number of carboxylic acids is 2. The third kappa shape index (κ3) is 32.9. The Labute approximate surface area is 374 Å². The standard InChI is InChI=1S/C42H69N5O3.2C2HF3O2/c1-2-3-4-5-6-7-8-9-10-11-12-13-14-15-22-29-40(48)47(32-23-30-45-41(49)38(43)34-36-25-18-16-19-26-36)33-24-31-46-42(50)39(44)35-37-27-20-17-21-28-37;2*3-2(4,5)1(6)7/h16-21,25-28,38-39H,2-15,22-24,29-35,43-44H2,1H3,(H,45,49)(H,46,50);2*(H,6,7)/t38-,39-;;/m0../s1. The Balaban J connectivity index is 0.00000243. The number of halogens is 6. The molecule has 0 saturated carbocycles. The maximum Gasteiger partial charge on any atom is 0.430 e. The minimum absolute atomic E-state index is 0.0644. The van der Waals surface area contributed by atoms with Crippen LogP contribution < -0.4 is 32.3 Å². The Morgan fingerprint density at radius 2 is 0.828 bits per heavy atom. The number of amides is 3. The van der Waals surface area contributed by atoms with E-state index in [1.54, 1.807) is 0 Å². The molecular weight excluding hydrogens is 849 g/mol. The zero-order valence-corrected chi connectivity index (χ0v) is 37.4. The summed E-state index contributed by atoms with van der Waals surface area (Å²) in [6.45, 7) is 4.44. The number of hydrogen-bond donors (Lipinski definition) is 4. The molecule has 0 aliphatic carbocycles. The van der Waals surface area contributed by atoms with E-state index in [2.05, 4.69) is 29.0 Å². The van der Waals surface area contributed by atoms with Crippen LogP contribution in [0.3, 0.4) is 0 Å². The van der Waals surface area contributed by atoms with Crippen molar-refractivity contribution >= 4 is 29.7 Å². The van der Waals surface area contributed by atoms with E-state index in [1.807, 2.05) is 65.6 Å². The van der Waals surface area contributed by atoms with Gasteiger partial charge < -0.3 is 46.8 Å². The molecule has 0 spiro atoms. The van der Waals surface area contributed by atoms with E-state index in [-0.39, 0.29) is 29.8 Å². The van der Waals surface area contributed by atoms with Crippen LogP contribution in [0.4, 0.5) is 26.3 Å². The number of rotatable bonds is 30. The Bertz CT molecular complexity index is 1460. The molecule has 2 aromatic carbocycles. The number of aliphatic carboxylic acids is 2. The average Bonchev–Trinajstić information content (AvgIpc) is 3.24. The molecule has 18 heteroatoms. The smallest absolute Gasteiger partial charge is 0.430 e. The predicted octanol–water partition coefficient (Wildman–Crippen LogP) is 4.39. The highest BCUT2D eigenvalue weighted by molar-refractivity contribution is 5.81. The summed E-state index contributed by atoms with van der Waals surface area (Å²) in [5.41, 5.74) is 10.3. The molecule has 0 bridgehead atoms. The normalized spacial score (nSPS) is 12.1. The fourth-order valence-corrected chi connectivity index (χ4v) is 6.40. The van der Waals surface area contributed by atoms with Crippen LogP contribution in [-0.4, -0.2) is 85.2 Å². The topological polar surface area (TPSA) is 214 Å². The summed E-state index contributed by atoms with van der Waals surface area (Å²) in [5, 5.41) is 23.6. The second-order valence-electron chi connectivity index (χ2n) is 15.7. The van der Waals surface area contributed by atoms with Crippen molar-refractivity contribution in [2.45, 2.75) is 160 Å². The molecule has 12 nitrogen and oxygen atoms in total. The monoisotopic (exact) mass is 920 g/mol. The van der Waals surface area contributed by atoms with Crippen LogP contribution in [0.25, 0.3) is 0 Å². The highest BCUT2D eigenvalue weighted by atomic mass is 19.4. The lowest BCUT2D eigenvalue weighted by Gasteiger charge is -2.23.